The lowest BCUT2D eigenvalue weighted by Gasteiger charge is -2.19. The van der Waals surface area contributed by atoms with E-state index in [0.717, 1.165) is 17.8 Å². The highest BCUT2D eigenvalue weighted by Crippen LogP contribution is 2.22. The topological polar surface area (TPSA) is 32.3 Å². The van der Waals surface area contributed by atoms with Crippen molar-refractivity contribution in [1.29, 1.82) is 0 Å². The number of hydrogen-bond donors (Lipinski definition) is 2. The Labute approximate surface area is 86.0 Å². The molecule has 0 amide bonds. The Morgan fingerprint density at radius 3 is 2.43 bits per heavy atom. The molecule has 78 valence electrons. The fourth-order valence-corrected chi connectivity index (χ4v) is 1.09. The van der Waals surface area contributed by atoms with Gasteiger partial charge in [0.05, 0.1) is 0 Å². The van der Waals surface area contributed by atoms with Gasteiger partial charge in [-0.1, -0.05) is 26.8 Å². The smallest absolute Gasteiger partial charge is 0.120 e. The van der Waals surface area contributed by atoms with Gasteiger partial charge in [-0.3, -0.25) is 0 Å². The van der Waals surface area contributed by atoms with E-state index in [2.05, 4.69) is 26.1 Å². The molecule has 0 saturated carbocycles. The highest BCUT2D eigenvalue weighted by Gasteiger charge is 2.09. The molecule has 0 unspecified atom stereocenters. The first kappa shape index (κ1) is 10.9. The standard InChI is InChI=1S/C12H19NO/c1-9-5-6-10(7-11(9)14)13-8-12(2,3)4/h5-7,13-14H,8H2,1-4H3. The Bertz CT molecular complexity index is 313. The number of phenols is 1. The van der Waals surface area contributed by atoms with Crippen molar-refractivity contribution in [3.05, 3.63) is 23.8 Å². The molecule has 0 aliphatic heterocycles. The van der Waals surface area contributed by atoms with E-state index in [4.69, 9.17) is 0 Å². The zero-order valence-corrected chi connectivity index (χ0v) is 9.39. The van der Waals surface area contributed by atoms with Gasteiger partial charge in [-0.25, -0.2) is 0 Å². The van der Waals surface area contributed by atoms with Crippen molar-refractivity contribution in [2.24, 2.45) is 5.41 Å². The Balaban J connectivity index is 2.65. The highest BCUT2D eigenvalue weighted by atomic mass is 16.3. The number of phenolic OH excluding ortho intramolecular Hbond substituents is 1. The molecular formula is C12H19NO. The van der Waals surface area contributed by atoms with Gasteiger partial charge in [0.25, 0.3) is 0 Å². The van der Waals surface area contributed by atoms with Crippen molar-refractivity contribution in [2.75, 3.05) is 11.9 Å². The summed E-state index contributed by atoms with van der Waals surface area (Å²) in [5.41, 5.74) is 2.13. The molecule has 0 atom stereocenters. The molecular weight excluding hydrogens is 174 g/mol. The summed E-state index contributed by atoms with van der Waals surface area (Å²) in [5.74, 6) is 0.351. The number of aryl methyl sites for hydroxylation is 1. The molecule has 14 heavy (non-hydrogen) atoms. The lowest BCUT2D eigenvalue weighted by molar-refractivity contribution is 0.442. The fourth-order valence-electron chi connectivity index (χ4n) is 1.09. The molecule has 0 radical (unpaired) electrons. The maximum Gasteiger partial charge on any atom is 0.120 e. The Hall–Kier alpha value is -1.18. The first-order valence-corrected chi connectivity index (χ1v) is 4.92. The fraction of sp³-hybridized carbons (Fsp3) is 0.500. The van der Waals surface area contributed by atoms with Crippen molar-refractivity contribution in [2.45, 2.75) is 27.7 Å². The number of nitrogens with one attached hydrogen (secondary N) is 1. The summed E-state index contributed by atoms with van der Waals surface area (Å²) in [5, 5.41) is 12.8. The average molecular weight is 193 g/mol. The summed E-state index contributed by atoms with van der Waals surface area (Å²) in [6.45, 7) is 9.31. The molecule has 2 nitrogen and oxygen atoms in total. The van der Waals surface area contributed by atoms with E-state index in [-0.39, 0.29) is 5.41 Å². The van der Waals surface area contributed by atoms with E-state index in [1.54, 1.807) is 6.07 Å². The van der Waals surface area contributed by atoms with Crippen LogP contribution in [0.5, 0.6) is 5.75 Å². The number of hydrogen-bond acceptors (Lipinski definition) is 2. The number of rotatable bonds is 2. The zero-order chi connectivity index (χ0) is 10.8. The van der Waals surface area contributed by atoms with Crippen LogP contribution in [-0.2, 0) is 0 Å². The van der Waals surface area contributed by atoms with Crippen molar-refractivity contribution >= 4 is 5.69 Å². The summed E-state index contributed by atoms with van der Waals surface area (Å²) in [4.78, 5) is 0. The summed E-state index contributed by atoms with van der Waals surface area (Å²) >= 11 is 0. The van der Waals surface area contributed by atoms with Gasteiger partial charge in [0.15, 0.2) is 0 Å². The van der Waals surface area contributed by atoms with Crippen LogP contribution in [0.1, 0.15) is 26.3 Å². The van der Waals surface area contributed by atoms with Crippen LogP contribution in [0, 0.1) is 12.3 Å². The first-order chi connectivity index (χ1) is 6.38. The van der Waals surface area contributed by atoms with Crippen LogP contribution in [-0.4, -0.2) is 11.7 Å². The predicted molar refractivity (Wildman–Crippen MR) is 60.8 cm³/mol. The molecule has 0 spiro atoms. The summed E-state index contributed by atoms with van der Waals surface area (Å²) in [6.07, 6.45) is 0. The van der Waals surface area contributed by atoms with Crippen LogP contribution < -0.4 is 5.32 Å². The van der Waals surface area contributed by atoms with Gasteiger partial charge in [0.2, 0.25) is 0 Å². The van der Waals surface area contributed by atoms with E-state index >= 15 is 0 Å². The van der Waals surface area contributed by atoms with Crippen LogP contribution in [0.2, 0.25) is 0 Å². The lowest BCUT2D eigenvalue weighted by atomic mass is 9.97. The minimum absolute atomic E-state index is 0.251. The van der Waals surface area contributed by atoms with Gasteiger partial charge in [-0.15, -0.1) is 0 Å². The molecule has 0 aliphatic carbocycles. The Kier molecular flexibility index (Phi) is 3.04. The predicted octanol–water partition coefficient (Wildman–Crippen LogP) is 3.16. The maximum atomic E-state index is 9.49. The lowest BCUT2D eigenvalue weighted by Crippen LogP contribution is -2.18. The van der Waals surface area contributed by atoms with Gasteiger partial charge in [-0.2, -0.15) is 0 Å². The van der Waals surface area contributed by atoms with Crippen molar-refractivity contribution < 1.29 is 5.11 Å². The van der Waals surface area contributed by atoms with Crippen LogP contribution >= 0.6 is 0 Å². The summed E-state index contributed by atoms with van der Waals surface area (Å²) in [7, 11) is 0. The third-order valence-electron chi connectivity index (χ3n) is 2.03. The van der Waals surface area contributed by atoms with E-state index in [9.17, 15) is 5.11 Å². The van der Waals surface area contributed by atoms with Crippen LogP contribution in [0.4, 0.5) is 5.69 Å². The van der Waals surface area contributed by atoms with E-state index in [1.807, 2.05) is 19.1 Å². The molecule has 0 fully saturated rings. The SMILES string of the molecule is Cc1ccc(NCC(C)(C)C)cc1O. The molecule has 2 N–H and O–H groups in total. The molecule has 0 heterocycles. The van der Waals surface area contributed by atoms with E-state index < -0.39 is 0 Å². The zero-order valence-electron chi connectivity index (χ0n) is 9.39. The first-order valence-electron chi connectivity index (χ1n) is 4.92. The normalized spacial score (nSPS) is 11.4. The van der Waals surface area contributed by atoms with Gasteiger partial charge in [-0.05, 0) is 24.0 Å². The van der Waals surface area contributed by atoms with Crippen molar-refractivity contribution in [3.63, 3.8) is 0 Å². The highest BCUT2D eigenvalue weighted by molar-refractivity contribution is 5.50. The number of aromatic hydroxyl groups is 1. The van der Waals surface area contributed by atoms with Crippen molar-refractivity contribution in [3.8, 4) is 5.75 Å². The minimum atomic E-state index is 0.251. The van der Waals surface area contributed by atoms with Gasteiger partial charge >= 0.3 is 0 Å². The van der Waals surface area contributed by atoms with Crippen molar-refractivity contribution in [1.82, 2.24) is 0 Å². The summed E-state index contributed by atoms with van der Waals surface area (Å²) in [6, 6.07) is 5.67. The van der Waals surface area contributed by atoms with Gasteiger partial charge in [0.1, 0.15) is 5.75 Å². The largest absolute Gasteiger partial charge is 0.508 e. The second-order valence-electron chi connectivity index (χ2n) is 4.92. The minimum Gasteiger partial charge on any atom is -0.508 e. The number of benzene rings is 1. The molecule has 1 rings (SSSR count). The van der Waals surface area contributed by atoms with Crippen LogP contribution in [0.25, 0.3) is 0 Å². The second-order valence-corrected chi connectivity index (χ2v) is 4.92. The van der Waals surface area contributed by atoms with E-state index in [1.165, 1.54) is 0 Å². The molecule has 1 aromatic rings. The molecule has 2 heteroatoms. The van der Waals surface area contributed by atoms with Crippen LogP contribution in [0.3, 0.4) is 0 Å². The van der Waals surface area contributed by atoms with Gasteiger partial charge < -0.3 is 10.4 Å². The molecule has 1 aromatic carbocycles. The Morgan fingerprint density at radius 2 is 1.93 bits per heavy atom. The average Bonchev–Trinajstić information content (AvgIpc) is 2.06. The second kappa shape index (κ2) is 3.91. The van der Waals surface area contributed by atoms with Gasteiger partial charge in [0, 0.05) is 18.3 Å². The molecule has 0 saturated heterocycles. The third kappa shape index (κ3) is 3.29. The van der Waals surface area contributed by atoms with Crippen LogP contribution in [0.15, 0.2) is 18.2 Å². The molecule has 0 bridgehead atoms. The third-order valence-corrected chi connectivity index (χ3v) is 2.03. The quantitative estimate of drug-likeness (QED) is 0.756. The maximum absolute atomic E-state index is 9.49. The Morgan fingerprint density at radius 1 is 1.29 bits per heavy atom. The monoisotopic (exact) mass is 193 g/mol. The molecule has 0 aliphatic rings. The van der Waals surface area contributed by atoms with E-state index in [0.29, 0.717) is 5.75 Å². The summed E-state index contributed by atoms with van der Waals surface area (Å²) < 4.78 is 0. The number of anilines is 1. The molecule has 0 aromatic heterocycles.